The van der Waals surface area contributed by atoms with Gasteiger partial charge >= 0.3 is 5.97 Å². The fourth-order valence-electron chi connectivity index (χ4n) is 2.62. The molecule has 0 aliphatic heterocycles. The average molecular weight is 510 g/mol. The number of aryl methyl sites for hydroxylation is 1. The topological polar surface area (TPSA) is 102 Å². The lowest BCUT2D eigenvalue weighted by Crippen LogP contribution is -2.21. The van der Waals surface area contributed by atoms with E-state index < -0.39 is 18.5 Å². The van der Waals surface area contributed by atoms with Crippen molar-refractivity contribution in [3.05, 3.63) is 57.0 Å². The Morgan fingerprint density at radius 2 is 1.77 bits per heavy atom. The van der Waals surface area contributed by atoms with Crippen molar-refractivity contribution in [2.45, 2.75) is 33.1 Å². The van der Waals surface area contributed by atoms with Crippen LogP contribution in [0.5, 0.6) is 0 Å². The predicted molar refractivity (Wildman–Crippen MR) is 122 cm³/mol. The summed E-state index contributed by atoms with van der Waals surface area (Å²) in [6.07, 6.45) is 0.361. The molecular formula is C22H22BrClN2O5. The monoisotopic (exact) mass is 508 g/mol. The van der Waals surface area contributed by atoms with Crippen LogP contribution in [-0.2, 0) is 19.1 Å². The van der Waals surface area contributed by atoms with E-state index >= 15 is 0 Å². The number of anilines is 2. The molecule has 2 aromatic rings. The summed E-state index contributed by atoms with van der Waals surface area (Å²) in [6.45, 7) is 2.82. The Hall–Kier alpha value is -2.71. The second kappa shape index (κ2) is 11.6. The number of amides is 2. The number of carbonyl (C=O) groups is 4. The third-order valence-electron chi connectivity index (χ3n) is 4.24. The molecule has 0 aliphatic rings. The van der Waals surface area contributed by atoms with Crippen LogP contribution in [0.25, 0.3) is 0 Å². The molecule has 0 saturated heterocycles. The smallest absolute Gasteiger partial charge is 0.306 e. The summed E-state index contributed by atoms with van der Waals surface area (Å²) in [4.78, 5) is 47.2. The standard InChI is InChI=1S/C22H22BrClN2O5/c1-13-9-17(23)18(24)11-19(13)26-21(29)12-31-22(30)8-4-7-20(28)25-16-6-3-5-15(10-16)14(2)27/h3,5-6,9-11H,4,7-8,12H2,1-2H3,(H,25,28)(H,26,29). The first-order valence-electron chi connectivity index (χ1n) is 9.47. The number of hydrogen-bond acceptors (Lipinski definition) is 5. The van der Waals surface area contributed by atoms with Crippen LogP contribution in [0.4, 0.5) is 11.4 Å². The van der Waals surface area contributed by atoms with E-state index in [0.29, 0.717) is 26.4 Å². The largest absolute Gasteiger partial charge is 0.456 e. The lowest BCUT2D eigenvalue weighted by molar-refractivity contribution is -0.147. The third-order valence-corrected chi connectivity index (χ3v) is 5.44. The summed E-state index contributed by atoms with van der Waals surface area (Å²) in [5.41, 5.74) is 2.34. The van der Waals surface area contributed by atoms with Gasteiger partial charge in [-0.2, -0.15) is 0 Å². The van der Waals surface area contributed by atoms with Gasteiger partial charge in [0.15, 0.2) is 12.4 Å². The molecule has 0 heterocycles. The zero-order chi connectivity index (χ0) is 23.0. The van der Waals surface area contributed by atoms with E-state index in [0.717, 1.165) is 5.56 Å². The Kier molecular flexibility index (Phi) is 9.21. The molecule has 0 aliphatic carbocycles. The number of esters is 1. The van der Waals surface area contributed by atoms with E-state index in [-0.39, 0.29) is 31.0 Å². The number of rotatable bonds is 9. The zero-order valence-electron chi connectivity index (χ0n) is 17.1. The number of Topliss-reactive ketones (excluding diaryl/α,β-unsaturated/α-hetero) is 1. The molecule has 0 aromatic heterocycles. The molecule has 164 valence electrons. The first kappa shape index (κ1) is 24.6. The number of benzene rings is 2. The molecule has 2 amide bonds. The van der Waals surface area contributed by atoms with Crippen molar-refractivity contribution in [1.29, 1.82) is 0 Å². The van der Waals surface area contributed by atoms with Crippen LogP contribution in [0.2, 0.25) is 5.02 Å². The van der Waals surface area contributed by atoms with Crippen molar-refractivity contribution in [2.24, 2.45) is 0 Å². The summed E-state index contributed by atoms with van der Waals surface area (Å²) in [5, 5.41) is 5.77. The van der Waals surface area contributed by atoms with Gasteiger partial charge in [0.05, 0.1) is 5.02 Å². The van der Waals surface area contributed by atoms with E-state index in [1.165, 1.54) is 6.92 Å². The van der Waals surface area contributed by atoms with Crippen LogP contribution in [0.15, 0.2) is 40.9 Å². The minimum absolute atomic E-state index is 0.00265. The van der Waals surface area contributed by atoms with Crippen LogP contribution < -0.4 is 10.6 Å². The van der Waals surface area contributed by atoms with Gasteiger partial charge < -0.3 is 15.4 Å². The van der Waals surface area contributed by atoms with Gasteiger partial charge in [-0.05, 0) is 66.0 Å². The fraction of sp³-hybridized carbons (Fsp3) is 0.273. The van der Waals surface area contributed by atoms with Crippen LogP contribution in [0.3, 0.4) is 0 Å². The van der Waals surface area contributed by atoms with E-state index in [2.05, 4.69) is 26.6 Å². The number of nitrogens with one attached hydrogen (secondary N) is 2. The summed E-state index contributed by atoms with van der Waals surface area (Å²) >= 11 is 9.32. The quantitative estimate of drug-likeness (QED) is 0.370. The van der Waals surface area contributed by atoms with Gasteiger partial charge in [0.2, 0.25) is 5.91 Å². The fourth-order valence-corrected chi connectivity index (χ4v) is 3.24. The lowest BCUT2D eigenvalue weighted by atomic mass is 10.1. The SMILES string of the molecule is CC(=O)c1cccc(NC(=O)CCCC(=O)OCC(=O)Nc2cc(Cl)c(Br)cc2C)c1. The number of halogens is 2. The number of hydrogen-bond donors (Lipinski definition) is 2. The van der Waals surface area contributed by atoms with Crippen LogP contribution >= 0.6 is 27.5 Å². The Balaban J connectivity index is 1.70. The van der Waals surface area contributed by atoms with E-state index in [9.17, 15) is 19.2 Å². The molecule has 0 bridgehead atoms. The summed E-state index contributed by atoms with van der Waals surface area (Å²) in [7, 11) is 0. The Bertz CT molecular complexity index is 1010. The summed E-state index contributed by atoms with van der Waals surface area (Å²) in [6, 6.07) is 9.98. The van der Waals surface area contributed by atoms with Crippen LogP contribution in [-0.4, -0.2) is 30.2 Å². The molecule has 0 fully saturated rings. The molecule has 0 spiro atoms. The van der Waals surface area contributed by atoms with Gasteiger partial charge in [-0.3, -0.25) is 19.2 Å². The maximum absolute atomic E-state index is 12.0. The van der Waals surface area contributed by atoms with Crippen molar-refractivity contribution in [2.75, 3.05) is 17.2 Å². The molecule has 9 heteroatoms. The second-order valence-electron chi connectivity index (χ2n) is 6.83. The Morgan fingerprint density at radius 3 is 2.48 bits per heavy atom. The lowest BCUT2D eigenvalue weighted by Gasteiger charge is -2.10. The van der Waals surface area contributed by atoms with Gasteiger partial charge in [-0.1, -0.05) is 23.7 Å². The Morgan fingerprint density at radius 1 is 1.03 bits per heavy atom. The Labute approximate surface area is 193 Å². The van der Waals surface area contributed by atoms with Crippen LogP contribution in [0.1, 0.15) is 42.1 Å². The van der Waals surface area contributed by atoms with E-state index in [1.54, 1.807) is 36.4 Å². The first-order chi connectivity index (χ1) is 14.7. The van der Waals surface area contributed by atoms with Crippen molar-refractivity contribution >= 4 is 62.5 Å². The molecule has 0 atom stereocenters. The van der Waals surface area contributed by atoms with Crippen molar-refractivity contribution in [1.82, 2.24) is 0 Å². The molecular weight excluding hydrogens is 488 g/mol. The summed E-state index contributed by atoms with van der Waals surface area (Å²) in [5.74, 6) is -1.44. The number of ether oxygens (including phenoxy) is 1. The molecule has 31 heavy (non-hydrogen) atoms. The number of ketones is 1. The maximum atomic E-state index is 12.0. The van der Waals surface area contributed by atoms with E-state index in [1.807, 2.05) is 6.92 Å². The van der Waals surface area contributed by atoms with E-state index in [4.69, 9.17) is 16.3 Å². The second-order valence-corrected chi connectivity index (χ2v) is 8.09. The van der Waals surface area contributed by atoms with Crippen molar-refractivity contribution in [3.63, 3.8) is 0 Å². The van der Waals surface area contributed by atoms with Gasteiger partial charge in [0, 0.05) is 34.3 Å². The number of carbonyl (C=O) groups excluding carboxylic acids is 4. The average Bonchev–Trinajstić information content (AvgIpc) is 2.70. The minimum atomic E-state index is -0.577. The zero-order valence-corrected chi connectivity index (χ0v) is 19.4. The van der Waals surface area contributed by atoms with Gasteiger partial charge in [-0.15, -0.1) is 0 Å². The molecule has 2 rings (SSSR count). The molecule has 0 saturated carbocycles. The van der Waals surface area contributed by atoms with Gasteiger partial charge in [-0.25, -0.2) is 0 Å². The highest BCUT2D eigenvalue weighted by Crippen LogP contribution is 2.28. The normalized spacial score (nSPS) is 10.3. The summed E-state index contributed by atoms with van der Waals surface area (Å²) < 4.78 is 5.66. The van der Waals surface area contributed by atoms with Crippen molar-refractivity contribution < 1.29 is 23.9 Å². The highest BCUT2D eigenvalue weighted by atomic mass is 79.9. The predicted octanol–water partition coefficient (Wildman–Crippen LogP) is 4.90. The minimum Gasteiger partial charge on any atom is -0.456 e. The maximum Gasteiger partial charge on any atom is 0.306 e. The van der Waals surface area contributed by atoms with Gasteiger partial charge in [0.25, 0.3) is 5.91 Å². The third kappa shape index (κ3) is 8.15. The first-order valence-corrected chi connectivity index (χ1v) is 10.6. The van der Waals surface area contributed by atoms with Gasteiger partial charge in [0.1, 0.15) is 0 Å². The molecule has 0 radical (unpaired) electrons. The molecule has 2 N–H and O–H groups in total. The highest BCUT2D eigenvalue weighted by Gasteiger charge is 2.12. The van der Waals surface area contributed by atoms with Crippen molar-refractivity contribution in [3.8, 4) is 0 Å². The highest BCUT2D eigenvalue weighted by molar-refractivity contribution is 9.10. The molecule has 2 aromatic carbocycles. The molecule has 7 nitrogen and oxygen atoms in total. The van der Waals surface area contributed by atoms with Crippen LogP contribution in [0, 0.1) is 6.92 Å². The molecule has 0 unspecified atom stereocenters.